The zero-order chi connectivity index (χ0) is 22.8. The van der Waals surface area contributed by atoms with Gasteiger partial charge in [0.05, 0.1) is 23.3 Å². The van der Waals surface area contributed by atoms with Crippen molar-refractivity contribution in [2.75, 3.05) is 11.9 Å². The van der Waals surface area contributed by atoms with Crippen LogP contribution in [0.25, 0.3) is 0 Å². The molecule has 3 aromatic carbocycles. The molecule has 0 bridgehead atoms. The fourth-order valence-electron chi connectivity index (χ4n) is 3.57. The number of ketones is 2. The minimum absolute atomic E-state index is 0.129. The van der Waals surface area contributed by atoms with Crippen molar-refractivity contribution in [3.8, 4) is 11.5 Å². The number of esters is 1. The summed E-state index contributed by atoms with van der Waals surface area (Å²) in [5.74, 6) is -2.17. The fraction of sp³-hybridized carbons (Fsp3) is 0.160. The molecule has 0 radical (unpaired) electrons. The monoisotopic (exact) mass is 431 g/mol. The van der Waals surface area contributed by atoms with Gasteiger partial charge in [0.25, 0.3) is 0 Å². The van der Waals surface area contributed by atoms with Gasteiger partial charge < -0.3 is 20.3 Å². The second-order valence-electron chi connectivity index (χ2n) is 7.46. The van der Waals surface area contributed by atoms with Crippen LogP contribution in [-0.4, -0.2) is 34.4 Å². The van der Waals surface area contributed by atoms with E-state index in [1.807, 2.05) is 6.92 Å². The Balaban J connectivity index is 1.57. The molecule has 0 saturated carbocycles. The average molecular weight is 431 g/mol. The minimum Gasteiger partial charge on any atom is -0.507 e. The maximum atomic E-state index is 13.0. The quantitative estimate of drug-likeness (QED) is 0.233. The zero-order valence-corrected chi connectivity index (χ0v) is 17.3. The molecule has 0 heterocycles. The number of hydrogen-bond acceptors (Lipinski definition) is 7. The molecule has 0 spiro atoms. The van der Waals surface area contributed by atoms with Crippen molar-refractivity contribution >= 4 is 28.9 Å². The summed E-state index contributed by atoms with van der Waals surface area (Å²) in [6.07, 6.45) is 1.75. The van der Waals surface area contributed by atoms with Crippen LogP contribution in [0.4, 0.5) is 11.4 Å². The fourth-order valence-corrected chi connectivity index (χ4v) is 3.57. The van der Waals surface area contributed by atoms with Crippen LogP contribution in [0.1, 0.15) is 62.0 Å². The second kappa shape index (κ2) is 8.55. The summed E-state index contributed by atoms with van der Waals surface area (Å²) in [5, 5.41) is 23.3. The van der Waals surface area contributed by atoms with E-state index in [-0.39, 0.29) is 39.7 Å². The number of aromatic hydroxyl groups is 2. The maximum absolute atomic E-state index is 13.0. The lowest BCUT2D eigenvalue weighted by Gasteiger charge is -2.20. The van der Waals surface area contributed by atoms with Crippen molar-refractivity contribution in [2.24, 2.45) is 0 Å². The second-order valence-corrected chi connectivity index (χ2v) is 7.46. The lowest BCUT2D eigenvalue weighted by Crippen LogP contribution is -2.21. The number of unbranched alkanes of at least 4 members (excludes halogenated alkanes) is 1. The number of anilines is 2. The number of phenolic OH excluding ortho intramolecular Hbond substituents is 2. The van der Waals surface area contributed by atoms with Crippen molar-refractivity contribution in [1.29, 1.82) is 0 Å². The molecule has 1 aliphatic carbocycles. The van der Waals surface area contributed by atoms with Crippen molar-refractivity contribution in [3.05, 3.63) is 82.4 Å². The Morgan fingerprint density at radius 2 is 1.44 bits per heavy atom. The molecule has 3 N–H and O–H groups in total. The van der Waals surface area contributed by atoms with Crippen LogP contribution in [0.15, 0.2) is 54.6 Å². The van der Waals surface area contributed by atoms with Gasteiger partial charge in [-0.05, 0) is 61.0 Å². The van der Waals surface area contributed by atoms with E-state index >= 15 is 0 Å². The van der Waals surface area contributed by atoms with Crippen LogP contribution in [0.2, 0.25) is 0 Å². The Hall–Kier alpha value is -4.13. The van der Waals surface area contributed by atoms with Crippen molar-refractivity contribution < 1.29 is 29.3 Å². The van der Waals surface area contributed by atoms with Gasteiger partial charge in [0.2, 0.25) is 0 Å². The standard InChI is InChI=1S/C25H21NO6/c1-2-3-12-32-25(31)14-4-6-15(7-5-14)26-16-8-9-17-18(13-16)24(30)22-20(28)11-10-19(27)21(22)23(17)29/h4-11,13,26-28H,2-3,12H2,1H3. The van der Waals surface area contributed by atoms with Gasteiger partial charge in [-0.3, -0.25) is 9.59 Å². The first-order valence-electron chi connectivity index (χ1n) is 10.2. The minimum atomic E-state index is -0.545. The summed E-state index contributed by atoms with van der Waals surface area (Å²) < 4.78 is 5.19. The van der Waals surface area contributed by atoms with E-state index in [0.29, 0.717) is 23.5 Å². The molecule has 32 heavy (non-hydrogen) atoms. The van der Waals surface area contributed by atoms with Crippen molar-refractivity contribution in [1.82, 2.24) is 0 Å². The number of rotatable bonds is 6. The number of nitrogens with one attached hydrogen (secondary N) is 1. The molecule has 0 aromatic heterocycles. The number of hydrogen-bond donors (Lipinski definition) is 3. The summed E-state index contributed by atoms with van der Waals surface area (Å²) in [7, 11) is 0. The molecule has 7 heteroatoms. The van der Waals surface area contributed by atoms with Crippen LogP contribution in [-0.2, 0) is 4.74 Å². The lowest BCUT2D eigenvalue weighted by atomic mass is 9.83. The molecular weight excluding hydrogens is 410 g/mol. The van der Waals surface area contributed by atoms with Gasteiger partial charge in [-0.2, -0.15) is 0 Å². The summed E-state index contributed by atoms with van der Waals surface area (Å²) in [6, 6.07) is 13.7. The first-order valence-corrected chi connectivity index (χ1v) is 10.2. The van der Waals surface area contributed by atoms with E-state index in [9.17, 15) is 24.6 Å². The molecule has 0 unspecified atom stereocenters. The highest BCUT2D eigenvalue weighted by atomic mass is 16.5. The Bertz CT molecular complexity index is 1230. The van der Waals surface area contributed by atoms with Crippen LogP contribution in [0, 0.1) is 0 Å². The molecule has 0 fully saturated rings. The topological polar surface area (TPSA) is 113 Å². The third-order valence-corrected chi connectivity index (χ3v) is 5.26. The molecule has 0 aliphatic heterocycles. The molecule has 162 valence electrons. The highest BCUT2D eigenvalue weighted by Crippen LogP contribution is 2.38. The number of carbonyl (C=O) groups excluding carboxylic acids is 3. The Labute approximate surface area is 184 Å². The molecule has 3 aromatic rings. The Morgan fingerprint density at radius 3 is 2.06 bits per heavy atom. The van der Waals surface area contributed by atoms with E-state index in [1.165, 1.54) is 24.3 Å². The molecular formula is C25H21NO6. The lowest BCUT2D eigenvalue weighted by molar-refractivity contribution is 0.0499. The summed E-state index contributed by atoms with van der Waals surface area (Å²) >= 11 is 0. The van der Waals surface area contributed by atoms with Gasteiger partial charge in [-0.15, -0.1) is 0 Å². The van der Waals surface area contributed by atoms with E-state index < -0.39 is 11.6 Å². The average Bonchev–Trinajstić information content (AvgIpc) is 2.79. The molecule has 7 nitrogen and oxygen atoms in total. The number of fused-ring (bicyclic) bond motifs is 2. The van der Waals surface area contributed by atoms with E-state index in [2.05, 4.69) is 5.32 Å². The largest absolute Gasteiger partial charge is 0.507 e. The normalized spacial score (nSPS) is 12.2. The number of benzene rings is 3. The molecule has 0 amide bonds. The van der Waals surface area contributed by atoms with Crippen molar-refractivity contribution in [2.45, 2.75) is 19.8 Å². The molecule has 0 saturated heterocycles. The first-order chi connectivity index (χ1) is 15.4. The van der Waals surface area contributed by atoms with Gasteiger partial charge in [0.1, 0.15) is 11.5 Å². The third-order valence-electron chi connectivity index (χ3n) is 5.26. The molecule has 4 rings (SSSR count). The zero-order valence-electron chi connectivity index (χ0n) is 17.3. The molecule has 1 aliphatic rings. The number of ether oxygens (including phenoxy) is 1. The predicted molar refractivity (Wildman–Crippen MR) is 118 cm³/mol. The summed E-state index contributed by atoms with van der Waals surface area (Å²) in [6.45, 7) is 2.40. The van der Waals surface area contributed by atoms with Crippen LogP contribution in [0.3, 0.4) is 0 Å². The maximum Gasteiger partial charge on any atom is 0.338 e. The smallest absolute Gasteiger partial charge is 0.338 e. The van der Waals surface area contributed by atoms with Gasteiger partial charge in [-0.1, -0.05) is 13.3 Å². The van der Waals surface area contributed by atoms with Gasteiger partial charge in [-0.25, -0.2) is 4.79 Å². The van der Waals surface area contributed by atoms with Crippen molar-refractivity contribution in [3.63, 3.8) is 0 Å². The predicted octanol–water partition coefficient (Wildman–Crippen LogP) is 4.57. The third kappa shape index (κ3) is 3.80. The summed E-state index contributed by atoms with van der Waals surface area (Å²) in [4.78, 5) is 37.8. The number of phenols is 2. The Morgan fingerprint density at radius 1 is 0.844 bits per heavy atom. The van der Waals surface area contributed by atoms with Gasteiger partial charge in [0.15, 0.2) is 11.6 Å². The first kappa shape index (κ1) is 21.1. The van der Waals surface area contributed by atoms with E-state index in [4.69, 9.17) is 4.74 Å². The number of carbonyl (C=O) groups is 3. The highest BCUT2D eigenvalue weighted by Gasteiger charge is 2.34. The van der Waals surface area contributed by atoms with Crippen LogP contribution in [0.5, 0.6) is 11.5 Å². The van der Waals surface area contributed by atoms with E-state index in [0.717, 1.165) is 12.8 Å². The summed E-state index contributed by atoms with van der Waals surface area (Å²) in [5.41, 5.74) is 1.54. The van der Waals surface area contributed by atoms with E-state index in [1.54, 1.807) is 30.3 Å². The molecule has 0 atom stereocenters. The van der Waals surface area contributed by atoms with Crippen LogP contribution < -0.4 is 5.32 Å². The SMILES string of the molecule is CCCCOC(=O)c1ccc(Nc2ccc3c(c2)C(=O)c2c(O)ccc(O)c2C3=O)cc1. The van der Waals surface area contributed by atoms with Crippen LogP contribution >= 0.6 is 0 Å². The Kier molecular flexibility index (Phi) is 5.64. The highest BCUT2D eigenvalue weighted by molar-refractivity contribution is 6.30. The van der Waals surface area contributed by atoms with Gasteiger partial charge in [0, 0.05) is 22.5 Å². The van der Waals surface area contributed by atoms with Gasteiger partial charge >= 0.3 is 5.97 Å².